The van der Waals surface area contributed by atoms with E-state index in [2.05, 4.69) is 51.7 Å². The maximum absolute atomic E-state index is 4.23. The van der Waals surface area contributed by atoms with Gasteiger partial charge in [0.15, 0.2) is 0 Å². The van der Waals surface area contributed by atoms with Gasteiger partial charge in [-0.2, -0.15) is 0 Å². The van der Waals surface area contributed by atoms with Gasteiger partial charge in [-0.25, -0.2) is 4.68 Å². The molecule has 3 rings (SSSR count). The normalized spacial score (nSPS) is 16.5. The zero-order valence-electron chi connectivity index (χ0n) is 14.7. The molecule has 130 valence electrons. The second-order valence-corrected chi connectivity index (χ2v) is 6.78. The average Bonchev–Trinajstić information content (AvgIpc) is 3.05. The number of nitrogens with zero attached hydrogens (tertiary/aromatic N) is 4. The highest BCUT2D eigenvalue weighted by atomic mass is 15.4. The predicted molar refractivity (Wildman–Crippen MR) is 96.7 cm³/mol. The van der Waals surface area contributed by atoms with E-state index in [1.807, 2.05) is 16.9 Å². The lowest BCUT2D eigenvalue weighted by atomic mass is 9.96. The van der Waals surface area contributed by atoms with Crippen LogP contribution in [0, 0.1) is 5.92 Å². The minimum absolute atomic E-state index is 0.785. The fourth-order valence-electron chi connectivity index (χ4n) is 3.44. The van der Waals surface area contributed by atoms with Crippen LogP contribution in [0.4, 0.5) is 0 Å². The summed E-state index contributed by atoms with van der Waals surface area (Å²) in [5.74, 6) is 0.802. The molecule has 24 heavy (non-hydrogen) atoms. The molecule has 0 spiro atoms. The molecule has 1 aliphatic heterocycles. The quantitative estimate of drug-likeness (QED) is 0.809. The van der Waals surface area contributed by atoms with Crippen LogP contribution < -0.4 is 5.32 Å². The fourth-order valence-corrected chi connectivity index (χ4v) is 3.44. The number of hydrogen-bond acceptors (Lipinski definition) is 4. The van der Waals surface area contributed by atoms with Gasteiger partial charge in [0.25, 0.3) is 0 Å². The smallest absolute Gasteiger partial charge is 0.0738 e. The third-order valence-electron chi connectivity index (χ3n) is 4.86. The van der Waals surface area contributed by atoms with Gasteiger partial charge in [-0.1, -0.05) is 42.5 Å². The molecule has 0 unspecified atom stereocenters. The molecule has 1 aromatic carbocycles. The van der Waals surface area contributed by atoms with Gasteiger partial charge in [0, 0.05) is 6.54 Å². The van der Waals surface area contributed by atoms with Gasteiger partial charge in [-0.3, -0.25) is 0 Å². The monoisotopic (exact) mass is 327 g/mol. The number of likely N-dealkylation sites (tertiary alicyclic amines) is 1. The lowest BCUT2D eigenvalue weighted by Crippen LogP contribution is -2.37. The van der Waals surface area contributed by atoms with Crippen molar-refractivity contribution >= 4 is 0 Å². The van der Waals surface area contributed by atoms with E-state index in [0.717, 1.165) is 31.2 Å². The van der Waals surface area contributed by atoms with Gasteiger partial charge in [-0.15, -0.1) is 5.10 Å². The Morgan fingerprint density at radius 1 is 1.17 bits per heavy atom. The van der Waals surface area contributed by atoms with Gasteiger partial charge < -0.3 is 10.2 Å². The van der Waals surface area contributed by atoms with E-state index in [1.54, 1.807) is 0 Å². The first-order valence-electron chi connectivity index (χ1n) is 9.19. The minimum Gasteiger partial charge on any atom is -0.311 e. The van der Waals surface area contributed by atoms with Crippen LogP contribution >= 0.6 is 0 Å². The Kier molecular flexibility index (Phi) is 6.38. The zero-order valence-corrected chi connectivity index (χ0v) is 14.7. The number of benzene rings is 1. The summed E-state index contributed by atoms with van der Waals surface area (Å²) in [7, 11) is 0. The molecule has 1 fully saturated rings. The molecular formula is C19H29N5. The Bertz CT molecular complexity index is 587. The highest BCUT2D eigenvalue weighted by molar-refractivity contribution is 5.15. The van der Waals surface area contributed by atoms with E-state index in [0.29, 0.717) is 0 Å². The maximum atomic E-state index is 4.23. The molecular weight excluding hydrogens is 298 g/mol. The zero-order chi connectivity index (χ0) is 16.6. The second kappa shape index (κ2) is 8.94. The first-order chi connectivity index (χ1) is 11.8. The van der Waals surface area contributed by atoms with Crippen molar-refractivity contribution in [3.8, 4) is 0 Å². The van der Waals surface area contributed by atoms with Gasteiger partial charge in [0.2, 0.25) is 0 Å². The predicted octanol–water partition coefficient (Wildman–Crippen LogP) is 2.54. The van der Waals surface area contributed by atoms with Crippen LogP contribution in [0.15, 0.2) is 36.5 Å². The molecule has 2 heterocycles. The average molecular weight is 327 g/mol. The Morgan fingerprint density at radius 3 is 2.71 bits per heavy atom. The van der Waals surface area contributed by atoms with Crippen LogP contribution in [0.2, 0.25) is 0 Å². The third-order valence-corrected chi connectivity index (χ3v) is 4.86. The standard InChI is InChI=1S/C19H29N5/c1-2-10-23-11-8-17(9-12-23)13-20-14-19-15-21-22-24(19)16-18-6-4-3-5-7-18/h3-7,15,17,20H,2,8-14,16H2,1H3. The summed E-state index contributed by atoms with van der Waals surface area (Å²) in [5, 5.41) is 11.9. The first kappa shape index (κ1) is 17.1. The van der Waals surface area contributed by atoms with E-state index < -0.39 is 0 Å². The fraction of sp³-hybridized carbons (Fsp3) is 0.579. The van der Waals surface area contributed by atoms with Crippen LogP contribution in [-0.4, -0.2) is 46.1 Å². The molecule has 0 bridgehead atoms. The van der Waals surface area contributed by atoms with Crippen molar-refractivity contribution in [3.05, 3.63) is 47.8 Å². The number of aromatic nitrogens is 3. The maximum Gasteiger partial charge on any atom is 0.0738 e. The van der Waals surface area contributed by atoms with E-state index in [9.17, 15) is 0 Å². The van der Waals surface area contributed by atoms with Crippen molar-refractivity contribution < 1.29 is 0 Å². The summed E-state index contributed by atoms with van der Waals surface area (Å²) in [6.07, 6.45) is 5.77. The lowest BCUT2D eigenvalue weighted by Gasteiger charge is -2.31. The van der Waals surface area contributed by atoms with Gasteiger partial charge in [-0.05, 0) is 56.9 Å². The van der Waals surface area contributed by atoms with Crippen molar-refractivity contribution in [3.63, 3.8) is 0 Å². The molecule has 1 aromatic heterocycles. The van der Waals surface area contributed by atoms with E-state index in [4.69, 9.17) is 0 Å². The molecule has 5 nitrogen and oxygen atoms in total. The SMILES string of the molecule is CCCN1CCC(CNCc2cnnn2Cc2ccccc2)CC1. The van der Waals surface area contributed by atoms with Crippen molar-refractivity contribution in [1.82, 2.24) is 25.2 Å². The molecule has 0 amide bonds. The second-order valence-electron chi connectivity index (χ2n) is 6.78. The van der Waals surface area contributed by atoms with Gasteiger partial charge in [0.1, 0.15) is 0 Å². The Hall–Kier alpha value is -1.72. The van der Waals surface area contributed by atoms with E-state index >= 15 is 0 Å². The summed E-state index contributed by atoms with van der Waals surface area (Å²) in [4.78, 5) is 2.59. The van der Waals surface area contributed by atoms with E-state index in [-0.39, 0.29) is 0 Å². The summed E-state index contributed by atoms with van der Waals surface area (Å²) < 4.78 is 1.99. The highest BCUT2D eigenvalue weighted by Crippen LogP contribution is 2.16. The Morgan fingerprint density at radius 2 is 1.96 bits per heavy atom. The number of hydrogen-bond donors (Lipinski definition) is 1. The summed E-state index contributed by atoms with van der Waals surface area (Å²) in [6, 6.07) is 10.4. The Balaban J connectivity index is 1.42. The molecule has 2 aromatic rings. The van der Waals surface area contributed by atoms with Crippen molar-refractivity contribution in [2.75, 3.05) is 26.2 Å². The van der Waals surface area contributed by atoms with Crippen molar-refractivity contribution in [2.24, 2.45) is 5.92 Å². The summed E-state index contributed by atoms with van der Waals surface area (Å²) in [6.45, 7) is 8.75. The van der Waals surface area contributed by atoms with Crippen LogP contribution in [0.5, 0.6) is 0 Å². The van der Waals surface area contributed by atoms with Crippen molar-refractivity contribution in [1.29, 1.82) is 0 Å². The minimum atomic E-state index is 0.785. The van der Waals surface area contributed by atoms with Crippen LogP contribution in [0.3, 0.4) is 0 Å². The van der Waals surface area contributed by atoms with Crippen LogP contribution in [0.1, 0.15) is 37.4 Å². The van der Waals surface area contributed by atoms with Crippen LogP contribution in [-0.2, 0) is 13.1 Å². The molecule has 1 saturated heterocycles. The Labute approximate surface area is 145 Å². The van der Waals surface area contributed by atoms with E-state index in [1.165, 1.54) is 44.5 Å². The van der Waals surface area contributed by atoms with Gasteiger partial charge in [0.05, 0.1) is 18.4 Å². The first-order valence-corrected chi connectivity index (χ1v) is 9.19. The van der Waals surface area contributed by atoms with Gasteiger partial charge >= 0.3 is 0 Å². The number of nitrogens with one attached hydrogen (secondary N) is 1. The summed E-state index contributed by atoms with van der Waals surface area (Å²) in [5.41, 5.74) is 2.41. The lowest BCUT2D eigenvalue weighted by molar-refractivity contribution is 0.182. The molecule has 1 N–H and O–H groups in total. The number of piperidine rings is 1. The molecule has 5 heteroatoms. The molecule has 0 radical (unpaired) electrons. The largest absolute Gasteiger partial charge is 0.311 e. The summed E-state index contributed by atoms with van der Waals surface area (Å²) >= 11 is 0. The molecule has 0 saturated carbocycles. The third kappa shape index (κ3) is 4.89. The highest BCUT2D eigenvalue weighted by Gasteiger charge is 2.18. The topological polar surface area (TPSA) is 46.0 Å². The molecule has 0 atom stereocenters. The van der Waals surface area contributed by atoms with Crippen molar-refractivity contribution in [2.45, 2.75) is 39.3 Å². The molecule has 0 aliphatic carbocycles. The van der Waals surface area contributed by atoms with Crippen LogP contribution in [0.25, 0.3) is 0 Å². The number of rotatable bonds is 8. The molecule has 1 aliphatic rings.